The second kappa shape index (κ2) is 9.62. The van der Waals surface area contributed by atoms with Gasteiger partial charge in [-0.2, -0.15) is 0 Å². The molecule has 1 unspecified atom stereocenters. The Morgan fingerprint density at radius 3 is 2.64 bits per heavy atom. The average molecular weight is 489 g/mol. The van der Waals surface area contributed by atoms with E-state index in [1.54, 1.807) is 60.3 Å². The summed E-state index contributed by atoms with van der Waals surface area (Å²) in [4.78, 5) is 56.5. The number of benzene rings is 1. The molecule has 5 rings (SSSR count). The van der Waals surface area contributed by atoms with Crippen molar-refractivity contribution >= 4 is 34.6 Å². The van der Waals surface area contributed by atoms with Crippen LogP contribution < -0.4 is 10.9 Å². The number of nitrogens with one attached hydrogen (secondary N) is 1. The Labute approximate surface area is 204 Å². The topological polar surface area (TPSA) is 124 Å². The van der Waals surface area contributed by atoms with Crippen LogP contribution in [-0.2, 0) is 20.8 Å². The molecule has 0 radical (unpaired) electrons. The zero-order valence-corrected chi connectivity index (χ0v) is 19.4. The molecule has 0 saturated carbocycles. The molecule has 1 aromatic carbocycles. The Hall–Kier alpha value is -4.51. The number of amides is 3. The van der Waals surface area contributed by atoms with E-state index in [2.05, 4.69) is 10.3 Å². The van der Waals surface area contributed by atoms with Crippen LogP contribution in [0.2, 0.25) is 0 Å². The number of imide groups is 1. The van der Waals surface area contributed by atoms with E-state index in [4.69, 9.17) is 9.47 Å². The van der Waals surface area contributed by atoms with Gasteiger partial charge >= 0.3 is 6.09 Å². The molecule has 0 aliphatic carbocycles. The average Bonchev–Trinajstić information content (AvgIpc) is 3.42. The van der Waals surface area contributed by atoms with Gasteiger partial charge < -0.3 is 19.4 Å². The highest BCUT2D eigenvalue weighted by molar-refractivity contribution is 5.99. The monoisotopic (exact) mass is 489 g/mol. The summed E-state index contributed by atoms with van der Waals surface area (Å²) in [6, 6.07) is 15.0. The van der Waals surface area contributed by atoms with Gasteiger partial charge in [0.25, 0.3) is 17.4 Å². The number of pyridine rings is 1. The number of rotatable bonds is 8. The molecule has 1 saturated heterocycles. The number of cyclic esters (lactones) is 1. The van der Waals surface area contributed by atoms with Crippen LogP contribution in [0.25, 0.3) is 16.7 Å². The first-order valence-electron chi connectivity index (χ1n) is 11.3. The molecule has 0 bridgehead atoms. The SMILES string of the molecule is COCCn1c(C(=O)NC(CN2C(=O)COC2=O)c2ccccc2)cc2c(=O)n3ccccc3nc21. The van der Waals surface area contributed by atoms with Crippen molar-refractivity contribution in [2.45, 2.75) is 12.6 Å². The lowest BCUT2D eigenvalue weighted by Gasteiger charge is -2.23. The maximum atomic E-state index is 13.6. The zero-order valence-electron chi connectivity index (χ0n) is 19.4. The minimum absolute atomic E-state index is 0.101. The second-order valence-corrected chi connectivity index (χ2v) is 8.25. The highest BCUT2D eigenvalue weighted by Crippen LogP contribution is 2.21. The van der Waals surface area contributed by atoms with Gasteiger partial charge in [0.15, 0.2) is 6.61 Å². The number of hydrogen-bond donors (Lipinski definition) is 1. The van der Waals surface area contributed by atoms with E-state index in [0.717, 1.165) is 4.90 Å². The molecule has 0 spiro atoms. The summed E-state index contributed by atoms with van der Waals surface area (Å²) in [5.41, 5.74) is 1.42. The summed E-state index contributed by atoms with van der Waals surface area (Å²) < 4.78 is 13.1. The highest BCUT2D eigenvalue weighted by Gasteiger charge is 2.34. The third-order valence-corrected chi connectivity index (χ3v) is 6.04. The number of carbonyl (C=O) groups excluding carboxylic acids is 3. The molecule has 1 aliphatic heterocycles. The van der Waals surface area contributed by atoms with E-state index < -0.39 is 23.9 Å². The van der Waals surface area contributed by atoms with Gasteiger partial charge in [-0.25, -0.2) is 14.7 Å². The van der Waals surface area contributed by atoms with E-state index in [-0.39, 0.29) is 42.9 Å². The number of aromatic nitrogens is 3. The molecule has 4 heterocycles. The summed E-state index contributed by atoms with van der Waals surface area (Å²) in [6.45, 7) is 0.139. The van der Waals surface area contributed by atoms with E-state index >= 15 is 0 Å². The van der Waals surface area contributed by atoms with Crippen molar-refractivity contribution in [3.05, 3.63) is 82.4 Å². The fraction of sp³-hybridized carbons (Fsp3) is 0.240. The number of fused-ring (bicyclic) bond motifs is 2. The molecule has 4 aromatic rings. The summed E-state index contributed by atoms with van der Waals surface area (Å²) in [7, 11) is 1.54. The normalized spacial score (nSPS) is 14.4. The van der Waals surface area contributed by atoms with E-state index in [1.165, 1.54) is 10.5 Å². The van der Waals surface area contributed by atoms with E-state index in [1.807, 2.05) is 6.07 Å². The van der Waals surface area contributed by atoms with Gasteiger partial charge in [-0.1, -0.05) is 36.4 Å². The Bertz CT molecular complexity index is 1510. The van der Waals surface area contributed by atoms with Crippen LogP contribution in [0.5, 0.6) is 0 Å². The number of nitrogens with zero attached hydrogens (tertiary/aromatic N) is 4. The van der Waals surface area contributed by atoms with Crippen LogP contribution in [0.1, 0.15) is 22.1 Å². The van der Waals surface area contributed by atoms with Crippen LogP contribution >= 0.6 is 0 Å². The fourth-order valence-electron chi connectivity index (χ4n) is 4.24. The predicted octanol–water partition coefficient (Wildman–Crippen LogP) is 1.75. The van der Waals surface area contributed by atoms with Gasteiger partial charge in [0, 0.05) is 19.9 Å². The molecular weight excluding hydrogens is 466 g/mol. The van der Waals surface area contributed by atoms with Crippen molar-refractivity contribution in [2.24, 2.45) is 0 Å². The number of methoxy groups -OCH3 is 1. The smallest absolute Gasteiger partial charge is 0.417 e. The van der Waals surface area contributed by atoms with Crippen molar-refractivity contribution in [1.82, 2.24) is 24.2 Å². The van der Waals surface area contributed by atoms with Crippen LogP contribution in [0, 0.1) is 0 Å². The molecule has 11 nitrogen and oxygen atoms in total. The first-order valence-corrected chi connectivity index (χ1v) is 11.3. The van der Waals surface area contributed by atoms with E-state index in [0.29, 0.717) is 16.9 Å². The predicted molar refractivity (Wildman–Crippen MR) is 129 cm³/mol. The third-order valence-electron chi connectivity index (χ3n) is 6.04. The standard InChI is InChI=1S/C25H23N5O6/c1-35-12-11-28-19(13-17-22(28)27-20-9-5-6-10-29(20)24(17)33)23(32)26-18(16-7-3-2-4-8-16)14-30-21(31)15-36-25(30)34/h2-10,13,18H,11-12,14-15H2,1H3,(H,26,32). The molecule has 11 heteroatoms. The lowest BCUT2D eigenvalue weighted by molar-refractivity contribution is -0.126. The number of hydrogen-bond acceptors (Lipinski definition) is 7. The van der Waals surface area contributed by atoms with Gasteiger partial charge in [0.2, 0.25) is 0 Å². The lowest BCUT2D eigenvalue weighted by atomic mass is 10.1. The second-order valence-electron chi connectivity index (χ2n) is 8.25. The van der Waals surface area contributed by atoms with Gasteiger partial charge in [0.1, 0.15) is 17.0 Å². The zero-order chi connectivity index (χ0) is 25.2. The van der Waals surface area contributed by atoms with Crippen molar-refractivity contribution in [1.29, 1.82) is 0 Å². The summed E-state index contributed by atoms with van der Waals surface area (Å²) in [6.07, 6.45) is 0.863. The molecule has 3 amide bonds. The van der Waals surface area contributed by atoms with Crippen LogP contribution in [0.4, 0.5) is 4.79 Å². The Morgan fingerprint density at radius 1 is 1.14 bits per heavy atom. The third kappa shape index (κ3) is 4.20. The fourth-order valence-corrected chi connectivity index (χ4v) is 4.24. The van der Waals surface area contributed by atoms with Crippen molar-refractivity contribution in [3.8, 4) is 0 Å². The van der Waals surface area contributed by atoms with Crippen molar-refractivity contribution in [3.63, 3.8) is 0 Å². The molecule has 1 N–H and O–H groups in total. The van der Waals surface area contributed by atoms with E-state index in [9.17, 15) is 19.2 Å². The molecule has 3 aromatic heterocycles. The number of ether oxygens (including phenoxy) is 2. The summed E-state index contributed by atoms with van der Waals surface area (Å²) in [5, 5.41) is 3.20. The minimum Gasteiger partial charge on any atom is -0.439 e. The van der Waals surface area contributed by atoms with Crippen LogP contribution in [-0.4, -0.2) is 63.6 Å². The lowest BCUT2D eigenvalue weighted by Crippen LogP contribution is -2.40. The largest absolute Gasteiger partial charge is 0.439 e. The van der Waals surface area contributed by atoms with Gasteiger partial charge in [0.05, 0.1) is 24.6 Å². The van der Waals surface area contributed by atoms with Crippen LogP contribution in [0.15, 0.2) is 65.6 Å². The Kier molecular flexibility index (Phi) is 6.21. The molecule has 1 atom stereocenters. The highest BCUT2D eigenvalue weighted by atomic mass is 16.6. The summed E-state index contributed by atoms with van der Waals surface area (Å²) >= 11 is 0. The Balaban J connectivity index is 1.55. The first kappa shape index (κ1) is 23.2. The Morgan fingerprint density at radius 2 is 1.92 bits per heavy atom. The van der Waals surface area contributed by atoms with Gasteiger partial charge in [-0.15, -0.1) is 0 Å². The van der Waals surface area contributed by atoms with Crippen LogP contribution in [0.3, 0.4) is 0 Å². The van der Waals surface area contributed by atoms with Crippen molar-refractivity contribution in [2.75, 3.05) is 26.9 Å². The maximum absolute atomic E-state index is 13.6. The minimum atomic E-state index is -0.756. The summed E-state index contributed by atoms with van der Waals surface area (Å²) in [5.74, 6) is -0.972. The quantitative estimate of drug-likeness (QED) is 0.400. The molecular formula is C25H23N5O6. The first-order chi connectivity index (χ1) is 17.5. The molecule has 1 aliphatic rings. The molecule has 36 heavy (non-hydrogen) atoms. The molecule has 184 valence electrons. The van der Waals surface area contributed by atoms with Gasteiger partial charge in [-0.05, 0) is 23.8 Å². The maximum Gasteiger partial charge on any atom is 0.417 e. The van der Waals surface area contributed by atoms with Crippen molar-refractivity contribution < 1.29 is 23.9 Å². The van der Waals surface area contributed by atoms with Gasteiger partial charge in [-0.3, -0.25) is 18.8 Å². The number of carbonyl (C=O) groups is 3. The molecule has 1 fully saturated rings.